The Morgan fingerprint density at radius 3 is 3.00 bits per heavy atom. The molecular weight excluding hydrogens is 244 g/mol. The quantitative estimate of drug-likeness (QED) is 0.851. The highest BCUT2D eigenvalue weighted by atomic mass is 35.5. The first-order chi connectivity index (χ1) is 7.61. The standard InChI is InChI=1S/C11H11ClN2OS/c1-7(12)6-14-10-4-3-8(15-2)5-9(10)13-11(14)16/h3-5H,1,6H2,2H3,(H,13,16). The van der Waals surface area contributed by atoms with Crippen molar-refractivity contribution in [3.8, 4) is 5.75 Å². The second-order valence-electron chi connectivity index (χ2n) is 3.42. The van der Waals surface area contributed by atoms with Crippen LogP contribution in [0.25, 0.3) is 11.0 Å². The molecule has 0 saturated heterocycles. The molecule has 84 valence electrons. The highest BCUT2D eigenvalue weighted by molar-refractivity contribution is 7.71. The highest BCUT2D eigenvalue weighted by Crippen LogP contribution is 2.21. The molecule has 0 saturated carbocycles. The van der Waals surface area contributed by atoms with E-state index in [-0.39, 0.29) is 0 Å². The van der Waals surface area contributed by atoms with Crippen LogP contribution in [0.1, 0.15) is 0 Å². The third kappa shape index (κ3) is 1.99. The van der Waals surface area contributed by atoms with E-state index in [2.05, 4.69) is 11.6 Å². The Labute approximate surface area is 103 Å². The van der Waals surface area contributed by atoms with E-state index in [9.17, 15) is 0 Å². The smallest absolute Gasteiger partial charge is 0.178 e. The maximum atomic E-state index is 5.80. The van der Waals surface area contributed by atoms with Crippen LogP contribution in [-0.2, 0) is 6.54 Å². The van der Waals surface area contributed by atoms with Gasteiger partial charge in [0.05, 0.1) is 24.7 Å². The van der Waals surface area contributed by atoms with Gasteiger partial charge in [-0.05, 0) is 24.4 Å². The third-order valence-electron chi connectivity index (χ3n) is 2.31. The molecule has 0 amide bonds. The number of H-pyrrole nitrogens is 1. The van der Waals surface area contributed by atoms with E-state index < -0.39 is 0 Å². The maximum Gasteiger partial charge on any atom is 0.178 e. The molecule has 2 aromatic rings. The van der Waals surface area contributed by atoms with Gasteiger partial charge in [-0.3, -0.25) is 0 Å². The molecule has 2 rings (SSSR count). The number of halogens is 1. The number of methoxy groups -OCH3 is 1. The fraction of sp³-hybridized carbons (Fsp3) is 0.182. The van der Waals surface area contributed by atoms with Crippen molar-refractivity contribution < 1.29 is 4.74 Å². The summed E-state index contributed by atoms with van der Waals surface area (Å²) in [5.74, 6) is 0.792. The lowest BCUT2D eigenvalue weighted by atomic mass is 10.3. The van der Waals surface area contributed by atoms with Gasteiger partial charge in [0, 0.05) is 11.1 Å². The zero-order valence-corrected chi connectivity index (χ0v) is 10.4. The predicted octanol–water partition coefficient (Wildman–Crippen LogP) is 3.46. The van der Waals surface area contributed by atoms with Gasteiger partial charge < -0.3 is 14.3 Å². The van der Waals surface area contributed by atoms with Gasteiger partial charge in [0.2, 0.25) is 0 Å². The fourth-order valence-electron chi connectivity index (χ4n) is 1.60. The molecule has 1 aromatic heterocycles. The number of imidazole rings is 1. The van der Waals surface area contributed by atoms with Crippen LogP contribution in [0.15, 0.2) is 29.8 Å². The molecule has 3 nitrogen and oxygen atoms in total. The number of hydrogen-bond acceptors (Lipinski definition) is 2. The normalized spacial score (nSPS) is 10.6. The summed E-state index contributed by atoms with van der Waals surface area (Å²) >= 11 is 11.0. The van der Waals surface area contributed by atoms with Crippen LogP contribution in [0.4, 0.5) is 0 Å². The summed E-state index contributed by atoms with van der Waals surface area (Å²) in [4.78, 5) is 3.11. The summed E-state index contributed by atoms with van der Waals surface area (Å²) < 4.78 is 7.68. The first-order valence-corrected chi connectivity index (χ1v) is 5.50. The first-order valence-electron chi connectivity index (χ1n) is 4.71. The van der Waals surface area contributed by atoms with E-state index in [0.717, 1.165) is 16.8 Å². The summed E-state index contributed by atoms with van der Waals surface area (Å²) in [6.07, 6.45) is 0. The van der Waals surface area contributed by atoms with E-state index in [0.29, 0.717) is 16.3 Å². The van der Waals surface area contributed by atoms with Crippen molar-refractivity contribution >= 4 is 34.9 Å². The minimum atomic E-state index is 0.507. The molecule has 0 fully saturated rings. The van der Waals surface area contributed by atoms with Crippen LogP contribution < -0.4 is 4.74 Å². The number of ether oxygens (including phenoxy) is 1. The lowest BCUT2D eigenvalue weighted by Gasteiger charge is -2.03. The monoisotopic (exact) mass is 254 g/mol. The molecule has 0 atom stereocenters. The summed E-state index contributed by atoms with van der Waals surface area (Å²) in [6.45, 7) is 4.18. The predicted molar refractivity (Wildman–Crippen MR) is 68.7 cm³/mol. The molecule has 1 aromatic carbocycles. The summed E-state index contributed by atoms with van der Waals surface area (Å²) in [5, 5.41) is 0.549. The number of aromatic nitrogens is 2. The molecule has 0 aliphatic rings. The van der Waals surface area contributed by atoms with Gasteiger partial charge in [-0.25, -0.2) is 0 Å². The molecule has 5 heteroatoms. The summed E-state index contributed by atoms with van der Waals surface area (Å²) in [7, 11) is 1.63. The van der Waals surface area contributed by atoms with Gasteiger partial charge in [0.25, 0.3) is 0 Å². The second-order valence-corrected chi connectivity index (χ2v) is 4.34. The number of hydrogen-bond donors (Lipinski definition) is 1. The van der Waals surface area contributed by atoms with Crippen LogP contribution in [0.2, 0.25) is 0 Å². The Bertz CT molecular complexity index is 600. The number of rotatable bonds is 3. The fourth-order valence-corrected chi connectivity index (χ4v) is 1.99. The van der Waals surface area contributed by atoms with Crippen molar-refractivity contribution in [2.24, 2.45) is 0 Å². The second kappa shape index (κ2) is 4.31. The number of benzene rings is 1. The Balaban J connectivity index is 2.62. The number of fused-ring (bicyclic) bond motifs is 1. The van der Waals surface area contributed by atoms with E-state index >= 15 is 0 Å². The van der Waals surface area contributed by atoms with Gasteiger partial charge >= 0.3 is 0 Å². The SMILES string of the molecule is C=C(Cl)Cn1c(=S)[nH]c2cc(OC)ccc21. The first kappa shape index (κ1) is 11.2. The Morgan fingerprint density at radius 1 is 1.62 bits per heavy atom. The molecule has 0 unspecified atom stereocenters. The van der Waals surface area contributed by atoms with E-state index in [1.165, 1.54) is 0 Å². The molecule has 0 aliphatic heterocycles. The zero-order chi connectivity index (χ0) is 11.7. The molecule has 0 aliphatic carbocycles. The minimum Gasteiger partial charge on any atom is -0.497 e. The van der Waals surface area contributed by atoms with E-state index in [1.807, 2.05) is 22.8 Å². The van der Waals surface area contributed by atoms with Gasteiger partial charge in [-0.1, -0.05) is 18.2 Å². The highest BCUT2D eigenvalue weighted by Gasteiger charge is 2.05. The molecule has 16 heavy (non-hydrogen) atoms. The van der Waals surface area contributed by atoms with Gasteiger partial charge in [0.1, 0.15) is 5.75 Å². The summed E-state index contributed by atoms with van der Waals surface area (Å²) in [5.41, 5.74) is 1.93. The molecular formula is C11H11ClN2OS. The minimum absolute atomic E-state index is 0.507. The number of aromatic amines is 1. The van der Waals surface area contributed by atoms with Gasteiger partial charge in [-0.15, -0.1) is 0 Å². The Morgan fingerprint density at radius 2 is 2.38 bits per heavy atom. The van der Waals surface area contributed by atoms with Crippen molar-refractivity contribution in [1.82, 2.24) is 9.55 Å². The number of nitrogens with zero attached hydrogens (tertiary/aromatic N) is 1. The lowest BCUT2D eigenvalue weighted by Crippen LogP contribution is -1.96. The molecule has 0 bridgehead atoms. The van der Waals surface area contributed by atoms with E-state index in [1.54, 1.807) is 7.11 Å². The summed E-state index contributed by atoms with van der Waals surface area (Å²) in [6, 6.07) is 5.73. The topological polar surface area (TPSA) is 29.9 Å². The molecule has 0 spiro atoms. The maximum absolute atomic E-state index is 5.80. The average molecular weight is 255 g/mol. The van der Waals surface area contributed by atoms with Crippen LogP contribution >= 0.6 is 23.8 Å². The Kier molecular flexibility index (Phi) is 3.03. The molecule has 1 N–H and O–H groups in total. The molecule has 0 radical (unpaired) electrons. The molecule has 1 heterocycles. The number of nitrogens with one attached hydrogen (secondary N) is 1. The lowest BCUT2D eigenvalue weighted by molar-refractivity contribution is 0.415. The van der Waals surface area contributed by atoms with Crippen LogP contribution in [0.5, 0.6) is 5.75 Å². The average Bonchev–Trinajstić information content (AvgIpc) is 2.54. The van der Waals surface area contributed by atoms with Crippen molar-refractivity contribution in [2.45, 2.75) is 6.54 Å². The third-order valence-corrected chi connectivity index (χ3v) is 2.75. The number of allylic oxidation sites excluding steroid dienone is 1. The van der Waals surface area contributed by atoms with Gasteiger partial charge in [-0.2, -0.15) is 0 Å². The zero-order valence-electron chi connectivity index (χ0n) is 8.79. The van der Waals surface area contributed by atoms with Crippen molar-refractivity contribution in [3.63, 3.8) is 0 Å². The van der Waals surface area contributed by atoms with E-state index in [4.69, 9.17) is 28.6 Å². The van der Waals surface area contributed by atoms with Gasteiger partial charge in [0.15, 0.2) is 4.77 Å². The van der Waals surface area contributed by atoms with Crippen LogP contribution in [0, 0.1) is 4.77 Å². The van der Waals surface area contributed by atoms with Crippen LogP contribution in [0.3, 0.4) is 0 Å². The largest absolute Gasteiger partial charge is 0.497 e. The van der Waals surface area contributed by atoms with Crippen LogP contribution in [-0.4, -0.2) is 16.7 Å². The van der Waals surface area contributed by atoms with Crippen molar-refractivity contribution in [2.75, 3.05) is 7.11 Å². The van der Waals surface area contributed by atoms with Crippen molar-refractivity contribution in [3.05, 3.63) is 34.6 Å². The Hall–Kier alpha value is -1.26. The van der Waals surface area contributed by atoms with Crippen molar-refractivity contribution in [1.29, 1.82) is 0 Å².